The highest BCUT2D eigenvalue weighted by molar-refractivity contribution is 5.73. The number of carbonyl (C=O) groups excluding carboxylic acids is 1. The van der Waals surface area contributed by atoms with Gasteiger partial charge in [0.05, 0.1) is 18.2 Å². The highest BCUT2D eigenvalue weighted by Crippen LogP contribution is 2.13. The van der Waals surface area contributed by atoms with Crippen LogP contribution in [0.15, 0.2) is 23.1 Å². The third kappa shape index (κ3) is 2.39. The lowest BCUT2D eigenvalue weighted by molar-refractivity contribution is 0.00539. The van der Waals surface area contributed by atoms with Crippen LogP contribution < -0.4 is 5.56 Å². The van der Waals surface area contributed by atoms with Crippen molar-refractivity contribution in [2.45, 2.75) is 31.9 Å². The maximum absolute atomic E-state index is 11.7. The number of ether oxygens (including phenoxy) is 1. The molecule has 0 aromatic carbocycles. The highest BCUT2D eigenvalue weighted by Gasteiger charge is 2.15. The third-order valence-corrected chi connectivity index (χ3v) is 2.85. The van der Waals surface area contributed by atoms with Crippen molar-refractivity contribution in [3.8, 4) is 0 Å². The maximum Gasteiger partial charge on any atom is 0.261 e. The van der Waals surface area contributed by atoms with E-state index >= 15 is 0 Å². The molecule has 1 fully saturated rings. The van der Waals surface area contributed by atoms with E-state index in [1.807, 2.05) is 0 Å². The average Bonchev–Trinajstić information content (AvgIpc) is 2.33. The fourth-order valence-corrected chi connectivity index (χ4v) is 1.96. The molecule has 0 N–H and O–H groups in total. The first kappa shape index (κ1) is 11.1. The van der Waals surface area contributed by atoms with Crippen LogP contribution in [0.2, 0.25) is 0 Å². The molecule has 1 unspecified atom stereocenters. The van der Waals surface area contributed by atoms with Crippen molar-refractivity contribution in [3.63, 3.8) is 0 Å². The Morgan fingerprint density at radius 2 is 2.38 bits per heavy atom. The number of rotatable bonds is 3. The molecule has 1 aromatic rings. The Morgan fingerprint density at radius 3 is 3.06 bits per heavy atom. The molecule has 2 heterocycles. The molecule has 0 bridgehead atoms. The number of nitrogens with zero attached hydrogens (tertiary/aromatic N) is 1. The Morgan fingerprint density at radius 1 is 1.50 bits per heavy atom. The van der Waals surface area contributed by atoms with Gasteiger partial charge in [0.15, 0.2) is 6.29 Å². The maximum atomic E-state index is 11.7. The number of aromatic nitrogens is 1. The molecule has 86 valence electrons. The first-order chi connectivity index (χ1) is 7.81. The monoisotopic (exact) mass is 221 g/mol. The predicted molar refractivity (Wildman–Crippen MR) is 59.7 cm³/mol. The van der Waals surface area contributed by atoms with Gasteiger partial charge in [-0.1, -0.05) is 0 Å². The second-order valence-corrected chi connectivity index (χ2v) is 4.03. The van der Waals surface area contributed by atoms with Gasteiger partial charge >= 0.3 is 0 Å². The lowest BCUT2D eigenvalue weighted by Gasteiger charge is -2.23. The van der Waals surface area contributed by atoms with E-state index in [9.17, 15) is 9.59 Å². The van der Waals surface area contributed by atoms with Crippen molar-refractivity contribution in [3.05, 3.63) is 34.2 Å². The Kier molecular flexibility index (Phi) is 3.51. The Hall–Kier alpha value is -1.42. The fraction of sp³-hybridized carbons (Fsp3) is 0.500. The van der Waals surface area contributed by atoms with Crippen LogP contribution in [-0.4, -0.2) is 23.6 Å². The van der Waals surface area contributed by atoms with Gasteiger partial charge < -0.3 is 9.30 Å². The van der Waals surface area contributed by atoms with Crippen LogP contribution in [0.5, 0.6) is 0 Å². The molecule has 0 radical (unpaired) electrons. The molecule has 1 aliphatic heterocycles. The van der Waals surface area contributed by atoms with Crippen LogP contribution in [0.25, 0.3) is 0 Å². The molecule has 4 heteroatoms. The van der Waals surface area contributed by atoms with E-state index < -0.39 is 0 Å². The molecule has 4 nitrogen and oxygen atoms in total. The quantitative estimate of drug-likeness (QED) is 0.721. The summed E-state index contributed by atoms with van der Waals surface area (Å²) in [6.07, 6.45) is 5.63. The minimum Gasteiger partial charge on any atom is -0.376 e. The normalized spacial score (nSPS) is 20.6. The second kappa shape index (κ2) is 5.07. The van der Waals surface area contributed by atoms with Crippen molar-refractivity contribution in [1.29, 1.82) is 0 Å². The van der Waals surface area contributed by atoms with Crippen molar-refractivity contribution in [2.24, 2.45) is 0 Å². The standard InChI is InChI=1S/C12H15NO3/c14-9-10-4-3-6-13(12(10)15)8-11-5-1-2-7-16-11/h3-4,6,9,11H,1-2,5,7-8H2. The van der Waals surface area contributed by atoms with Gasteiger partial charge in [0, 0.05) is 12.8 Å². The highest BCUT2D eigenvalue weighted by atomic mass is 16.5. The van der Waals surface area contributed by atoms with Crippen LogP contribution in [0.1, 0.15) is 29.6 Å². The summed E-state index contributed by atoms with van der Waals surface area (Å²) >= 11 is 0. The summed E-state index contributed by atoms with van der Waals surface area (Å²) in [6.45, 7) is 1.31. The zero-order chi connectivity index (χ0) is 11.4. The molecule has 0 spiro atoms. The van der Waals surface area contributed by atoms with Gasteiger partial charge in [-0.25, -0.2) is 0 Å². The smallest absolute Gasteiger partial charge is 0.261 e. The summed E-state index contributed by atoms with van der Waals surface area (Å²) in [5.41, 5.74) is -0.0232. The van der Waals surface area contributed by atoms with Gasteiger partial charge in [-0.3, -0.25) is 9.59 Å². The first-order valence-electron chi connectivity index (χ1n) is 5.57. The van der Waals surface area contributed by atoms with Crippen molar-refractivity contribution in [1.82, 2.24) is 4.57 Å². The predicted octanol–water partition coefficient (Wildman–Crippen LogP) is 1.23. The van der Waals surface area contributed by atoms with E-state index in [0.29, 0.717) is 12.8 Å². The average molecular weight is 221 g/mol. The Labute approximate surface area is 93.8 Å². The van der Waals surface area contributed by atoms with E-state index in [2.05, 4.69) is 0 Å². The van der Waals surface area contributed by atoms with E-state index in [1.165, 1.54) is 6.07 Å². The molecule has 1 aliphatic rings. The number of pyridine rings is 1. The number of aldehydes is 1. The largest absolute Gasteiger partial charge is 0.376 e. The summed E-state index contributed by atoms with van der Waals surface area (Å²) in [5.74, 6) is 0. The SMILES string of the molecule is O=Cc1cccn(CC2CCCCO2)c1=O. The summed E-state index contributed by atoms with van der Waals surface area (Å²) in [5, 5.41) is 0. The topological polar surface area (TPSA) is 48.3 Å². The molecule has 0 amide bonds. The van der Waals surface area contributed by atoms with E-state index in [0.717, 1.165) is 25.9 Å². The van der Waals surface area contributed by atoms with Gasteiger partial charge in [-0.05, 0) is 31.4 Å². The fourth-order valence-electron chi connectivity index (χ4n) is 1.96. The minimum atomic E-state index is -0.230. The molecule has 0 saturated carbocycles. The van der Waals surface area contributed by atoms with Gasteiger partial charge in [0.25, 0.3) is 5.56 Å². The van der Waals surface area contributed by atoms with Crippen LogP contribution in [0.3, 0.4) is 0 Å². The van der Waals surface area contributed by atoms with E-state index in [4.69, 9.17) is 4.74 Å². The Bertz CT molecular complexity index is 419. The zero-order valence-electron chi connectivity index (χ0n) is 9.09. The van der Waals surface area contributed by atoms with Crippen molar-refractivity contribution in [2.75, 3.05) is 6.61 Å². The Balaban J connectivity index is 2.14. The molecular formula is C12H15NO3. The number of hydrogen-bond donors (Lipinski definition) is 0. The van der Waals surface area contributed by atoms with Crippen molar-refractivity contribution >= 4 is 6.29 Å². The lowest BCUT2D eigenvalue weighted by atomic mass is 10.1. The number of carbonyl (C=O) groups is 1. The van der Waals surface area contributed by atoms with Gasteiger partial charge in [-0.2, -0.15) is 0 Å². The molecule has 2 rings (SSSR count). The van der Waals surface area contributed by atoms with E-state index in [1.54, 1.807) is 16.8 Å². The lowest BCUT2D eigenvalue weighted by Crippen LogP contribution is -2.31. The van der Waals surface area contributed by atoms with Crippen LogP contribution in [-0.2, 0) is 11.3 Å². The number of hydrogen-bond acceptors (Lipinski definition) is 3. The minimum absolute atomic E-state index is 0.105. The van der Waals surface area contributed by atoms with Crippen LogP contribution >= 0.6 is 0 Å². The molecule has 0 aliphatic carbocycles. The third-order valence-electron chi connectivity index (χ3n) is 2.85. The van der Waals surface area contributed by atoms with Gasteiger partial charge in [-0.15, -0.1) is 0 Å². The zero-order valence-corrected chi connectivity index (χ0v) is 9.09. The first-order valence-corrected chi connectivity index (χ1v) is 5.57. The van der Waals surface area contributed by atoms with E-state index in [-0.39, 0.29) is 17.2 Å². The molecule has 1 saturated heterocycles. The summed E-state index contributed by atoms with van der Waals surface area (Å²) < 4.78 is 7.12. The van der Waals surface area contributed by atoms with Gasteiger partial charge in [0.2, 0.25) is 0 Å². The second-order valence-electron chi connectivity index (χ2n) is 4.03. The molecule has 1 atom stereocenters. The van der Waals surface area contributed by atoms with Crippen LogP contribution in [0.4, 0.5) is 0 Å². The molecular weight excluding hydrogens is 206 g/mol. The summed E-state index contributed by atoms with van der Waals surface area (Å²) in [7, 11) is 0. The summed E-state index contributed by atoms with van der Waals surface area (Å²) in [4.78, 5) is 22.4. The van der Waals surface area contributed by atoms with Crippen LogP contribution in [0, 0.1) is 0 Å². The molecule has 16 heavy (non-hydrogen) atoms. The van der Waals surface area contributed by atoms with Crippen molar-refractivity contribution < 1.29 is 9.53 Å². The summed E-state index contributed by atoms with van der Waals surface area (Å²) in [6, 6.07) is 3.25. The molecule has 1 aromatic heterocycles. The van der Waals surface area contributed by atoms with Gasteiger partial charge in [0.1, 0.15) is 0 Å².